The molecule has 0 amide bonds. The molecule has 1 aliphatic carbocycles. The molecule has 0 spiro atoms. The SMILES string of the molecule is CC1=CCCC(=O)C(C)=C1c1ccc(Oc2nccc3[nH]ccc23)cc1C. The van der Waals surface area contributed by atoms with Gasteiger partial charge in [0.25, 0.3) is 0 Å². The Morgan fingerprint density at radius 1 is 1.11 bits per heavy atom. The molecule has 3 aromatic rings. The van der Waals surface area contributed by atoms with Gasteiger partial charge in [0.1, 0.15) is 5.75 Å². The Balaban J connectivity index is 1.72. The lowest BCUT2D eigenvalue weighted by molar-refractivity contribution is -0.115. The Kier molecular flexibility index (Phi) is 4.40. The molecule has 4 heteroatoms. The van der Waals surface area contributed by atoms with Crippen LogP contribution in [0.1, 0.15) is 37.8 Å². The van der Waals surface area contributed by atoms with E-state index in [0.29, 0.717) is 12.3 Å². The maximum atomic E-state index is 12.3. The van der Waals surface area contributed by atoms with E-state index in [0.717, 1.165) is 50.9 Å². The predicted molar refractivity (Wildman–Crippen MR) is 108 cm³/mol. The third-order valence-electron chi connectivity index (χ3n) is 5.13. The van der Waals surface area contributed by atoms with Crippen molar-refractivity contribution in [2.45, 2.75) is 33.6 Å². The van der Waals surface area contributed by atoms with Gasteiger partial charge in [-0.15, -0.1) is 0 Å². The van der Waals surface area contributed by atoms with Crippen LogP contribution in [0.4, 0.5) is 0 Å². The minimum atomic E-state index is 0.223. The third-order valence-corrected chi connectivity index (χ3v) is 5.13. The van der Waals surface area contributed by atoms with Gasteiger partial charge in [-0.3, -0.25) is 4.79 Å². The van der Waals surface area contributed by atoms with E-state index in [2.05, 4.69) is 29.9 Å². The first-order chi connectivity index (χ1) is 13.0. The highest BCUT2D eigenvalue weighted by Crippen LogP contribution is 2.35. The number of aryl methyl sites for hydroxylation is 1. The highest BCUT2D eigenvalue weighted by Gasteiger charge is 2.18. The van der Waals surface area contributed by atoms with Gasteiger partial charge in [0, 0.05) is 24.4 Å². The molecule has 1 aliphatic rings. The fourth-order valence-corrected chi connectivity index (χ4v) is 3.69. The van der Waals surface area contributed by atoms with Crippen molar-refractivity contribution in [3.05, 3.63) is 71.1 Å². The molecule has 27 heavy (non-hydrogen) atoms. The van der Waals surface area contributed by atoms with Gasteiger partial charge in [-0.1, -0.05) is 12.1 Å². The largest absolute Gasteiger partial charge is 0.438 e. The van der Waals surface area contributed by atoms with E-state index in [1.165, 1.54) is 0 Å². The molecule has 1 N–H and O–H groups in total. The number of nitrogens with one attached hydrogen (secondary N) is 1. The van der Waals surface area contributed by atoms with Gasteiger partial charge < -0.3 is 9.72 Å². The Labute approximate surface area is 158 Å². The zero-order valence-electron chi connectivity index (χ0n) is 15.8. The summed E-state index contributed by atoms with van der Waals surface area (Å²) in [5.41, 5.74) is 6.20. The van der Waals surface area contributed by atoms with Gasteiger partial charge in [0.15, 0.2) is 5.78 Å². The van der Waals surface area contributed by atoms with Crippen LogP contribution in [0.3, 0.4) is 0 Å². The second kappa shape index (κ2) is 6.88. The minimum Gasteiger partial charge on any atom is -0.438 e. The summed E-state index contributed by atoms with van der Waals surface area (Å²) in [5, 5.41) is 0.950. The number of allylic oxidation sites excluding steroid dienone is 4. The van der Waals surface area contributed by atoms with Gasteiger partial charge in [-0.25, -0.2) is 4.98 Å². The van der Waals surface area contributed by atoms with E-state index in [1.807, 2.05) is 43.5 Å². The maximum absolute atomic E-state index is 12.3. The molecule has 0 aliphatic heterocycles. The van der Waals surface area contributed by atoms with Crippen LogP contribution in [0.25, 0.3) is 16.5 Å². The monoisotopic (exact) mass is 358 g/mol. The molecule has 0 saturated carbocycles. The number of fused-ring (bicyclic) bond motifs is 1. The second-order valence-electron chi connectivity index (χ2n) is 6.98. The van der Waals surface area contributed by atoms with Crippen molar-refractivity contribution < 1.29 is 9.53 Å². The molecule has 4 nitrogen and oxygen atoms in total. The lowest BCUT2D eigenvalue weighted by Crippen LogP contribution is -2.02. The zero-order valence-corrected chi connectivity index (χ0v) is 15.8. The van der Waals surface area contributed by atoms with E-state index >= 15 is 0 Å². The van der Waals surface area contributed by atoms with Gasteiger partial charge in [0.05, 0.1) is 10.9 Å². The number of carbonyl (C=O) groups is 1. The minimum absolute atomic E-state index is 0.223. The third kappa shape index (κ3) is 3.19. The molecule has 0 bridgehead atoms. The Morgan fingerprint density at radius 2 is 1.96 bits per heavy atom. The summed E-state index contributed by atoms with van der Waals surface area (Å²) in [4.78, 5) is 19.9. The molecule has 4 rings (SSSR count). The van der Waals surface area contributed by atoms with E-state index in [-0.39, 0.29) is 5.78 Å². The highest BCUT2D eigenvalue weighted by atomic mass is 16.5. The number of nitrogens with zero attached hydrogens (tertiary/aromatic N) is 1. The number of aromatic nitrogens is 2. The average Bonchev–Trinajstić information content (AvgIpc) is 3.09. The van der Waals surface area contributed by atoms with Gasteiger partial charge in [-0.2, -0.15) is 0 Å². The molecule has 0 radical (unpaired) electrons. The van der Waals surface area contributed by atoms with Crippen molar-refractivity contribution in [1.82, 2.24) is 9.97 Å². The van der Waals surface area contributed by atoms with Crippen LogP contribution in [-0.4, -0.2) is 15.8 Å². The zero-order chi connectivity index (χ0) is 19.0. The van der Waals surface area contributed by atoms with Crippen LogP contribution in [-0.2, 0) is 4.79 Å². The van der Waals surface area contributed by atoms with Crippen LogP contribution >= 0.6 is 0 Å². The fraction of sp³-hybridized carbons (Fsp3) is 0.217. The van der Waals surface area contributed by atoms with Gasteiger partial charge in [-0.05, 0) is 73.7 Å². The molecule has 2 heterocycles. The fourth-order valence-electron chi connectivity index (χ4n) is 3.69. The molecule has 1 aromatic carbocycles. The van der Waals surface area contributed by atoms with E-state index in [9.17, 15) is 4.79 Å². The summed E-state index contributed by atoms with van der Waals surface area (Å²) in [6.45, 7) is 6.06. The average molecular weight is 358 g/mol. The summed E-state index contributed by atoms with van der Waals surface area (Å²) in [7, 11) is 0. The van der Waals surface area contributed by atoms with Gasteiger partial charge >= 0.3 is 0 Å². The molecular weight excluding hydrogens is 336 g/mol. The first-order valence-corrected chi connectivity index (χ1v) is 9.17. The normalized spacial score (nSPS) is 15.1. The van der Waals surface area contributed by atoms with Crippen LogP contribution in [0.2, 0.25) is 0 Å². The van der Waals surface area contributed by atoms with Crippen LogP contribution in [0.15, 0.2) is 59.9 Å². The molecule has 0 fully saturated rings. The number of hydrogen-bond donors (Lipinski definition) is 1. The maximum Gasteiger partial charge on any atom is 0.228 e. The number of Topliss-reactive ketones (excluding diaryl/α,β-unsaturated/α-hetero) is 1. The summed E-state index contributed by atoms with van der Waals surface area (Å²) >= 11 is 0. The van der Waals surface area contributed by atoms with Crippen molar-refractivity contribution in [2.75, 3.05) is 0 Å². The highest BCUT2D eigenvalue weighted by molar-refractivity contribution is 6.06. The summed E-state index contributed by atoms with van der Waals surface area (Å²) < 4.78 is 6.04. The lowest BCUT2D eigenvalue weighted by atomic mass is 9.90. The number of ketones is 1. The molecule has 136 valence electrons. The molecular formula is C23H22N2O2. The van der Waals surface area contributed by atoms with Gasteiger partial charge in [0.2, 0.25) is 5.88 Å². The number of carbonyl (C=O) groups excluding carboxylic acids is 1. The Morgan fingerprint density at radius 3 is 2.78 bits per heavy atom. The van der Waals surface area contributed by atoms with Crippen molar-refractivity contribution in [2.24, 2.45) is 0 Å². The predicted octanol–water partition coefficient (Wildman–Crippen LogP) is 5.75. The Bertz CT molecular complexity index is 1100. The van der Waals surface area contributed by atoms with E-state index in [1.54, 1.807) is 6.20 Å². The second-order valence-corrected chi connectivity index (χ2v) is 6.98. The molecule has 0 saturated heterocycles. The first kappa shape index (κ1) is 17.3. The van der Waals surface area contributed by atoms with Crippen LogP contribution < -0.4 is 4.74 Å². The molecule has 0 atom stereocenters. The number of hydrogen-bond acceptors (Lipinski definition) is 3. The van der Waals surface area contributed by atoms with Crippen molar-refractivity contribution in [3.63, 3.8) is 0 Å². The number of benzene rings is 1. The Hall–Kier alpha value is -3.14. The number of rotatable bonds is 3. The van der Waals surface area contributed by atoms with Crippen molar-refractivity contribution in [3.8, 4) is 11.6 Å². The van der Waals surface area contributed by atoms with Crippen molar-refractivity contribution in [1.29, 1.82) is 0 Å². The summed E-state index contributed by atoms with van der Waals surface area (Å²) in [5.74, 6) is 1.54. The van der Waals surface area contributed by atoms with Crippen molar-refractivity contribution >= 4 is 22.3 Å². The molecule has 2 aromatic heterocycles. The standard InChI is InChI=1S/C23H22N2O2/c1-14-5-4-6-21(26)16(3)22(14)18-8-7-17(13-15(18)2)27-23-19-9-11-24-20(19)10-12-25-23/h5,7-13,24H,4,6H2,1-3H3. The number of aromatic amines is 1. The number of ether oxygens (including phenoxy) is 1. The number of H-pyrrole nitrogens is 1. The first-order valence-electron chi connectivity index (χ1n) is 9.17. The quantitative estimate of drug-likeness (QED) is 0.649. The number of pyridine rings is 1. The summed E-state index contributed by atoms with van der Waals surface area (Å²) in [6.07, 6.45) is 7.15. The van der Waals surface area contributed by atoms with E-state index in [4.69, 9.17) is 4.74 Å². The van der Waals surface area contributed by atoms with Crippen LogP contribution in [0, 0.1) is 6.92 Å². The molecule has 0 unspecified atom stereocenters. The van der Waals surface area contributed by atoms with Crippen LogP contribution in [0.5, 0.6) is 11.6 Å². The van der Waals surface area contributed by atoms with E-state index < -0.39 is 0 Å². The lowest BCUT2D eigenvalue weighted by Gasteiger charge is -2.15. The smallest absolute Gasteiger partial charge is 0.228 e. The summed E-state index contributed by atoms with van der Waals surface area (Å²) in [6, 6.07) is 9.86. The topological polar surface area (TPSA) is 55.0 Å².